The number of rotatable bonds is 2. The molecule has 0 N–H and O–H groups in total. The molecule has 33 heavy (non-hydrogen) atoms. The van der Waals surface area contributed by atoms with Crippen LogP contribution in [-0.2, 0) is 5.41 Å². The molecule has 160 valence electrons. The molecule has 0 heteroatoms. The topological polar surface area (TPSA) is 0 Å². The van der Waals surface area contributed by atoms with E-state index in [2.05, 4.69) is 130 Å². The molecule has 0 nitrogen and oxygen atoms in total. The number of aryl methyl sites for hydroxylation is 1. The van der Waals surface area contributed by atoms with Crippen molar-refractivity contribution in [3.8, 4) is 22.3 Å². The zero-order valence-electron chi connectivity index (χ0n) is 19.5. The average molecular weight is 425 g/mol. The Kier molecular flexibility index (Phi) is 4.52. The van der Waals surface area contributed by atoms with Crippen LogP contribution in [0, 0.1) is 6.92 Å². The minimum absolute atomic E-state index is 0.0644. The van der Waals surface area contributed by atoms with Gasteiger partial charge in [0, 0.05) is 11.3 Å². The molecular weight excluding hydrogens is 396 g/mol. The molecule has 0 saturated heterocycles. The van der Waals surface area contributed by atoms with Crippen molar-refractivity contribution >= 4 is 10.8 Å². The maximum Gasteiger partial charge on any atom is 0.0187 e. The van der Waals surface area contributed by atoms with Crippen molar-refractivity contribution in [3.05, 3.63) is 131 Å². The first-order valence-corrected chi connectivity index (χ1v) is 11.8. The normalized spacial score (nSPS) is 16.3. The molecule has 1 atom stereocenters. The van der Waals surface area contributed by atoms with Crippen LogP contribution in [0.15, 0.2) is 109 Å². The summed E-state index contributed by atoms with van der Waals surface area (Å²) >= 11 is 0. The molecule has 0 fully saturated rings. The van der Waals surface area contributed by atoms with Crippen LogP contribution >= 0.6 is 0 Å². The lowest BCUT2D eigenvalue weighted by atomic mass is 9.60. The third-order valence-corrected chi connectivity index (χ3v) is 7.46. The molecule has 0 aliphatic heterocycles. The van der Waals surface area contributed by atoms with Gasteiger partial charge in [-0.15, -0.1) is 0 Å². The lowest BCUT2D eigenvalue weighted by Gasteiger charge is -2.43. The monoisotopic (exact) mass is 424 g/mol. The quantitative estimate of drug-likeness (QED) is 0.265. The van der Waals surface area contributed by atoms with E-state index in [9.17, 15) is 0 Å². The van der Waals surface area contributed by atoms with Crippen molar-refractivity contribution in [2.45, 2.75) is 32.1 Å². The third kappa shape index (κ3) is 3.05. The van der Waals surface area contributed by atoms with Gasteiger partial charge in [-0.2, -0.15) is 0 Å². The van der Waals surface area contributed by atoms with Crippen molar-refractivity contribution in [1.29, 1.82) is 0 Å². The number of hydrogen-bond acceptors (Lipinski definition) is 0. The fourth-order valence-corrected chi connectivity index (χ4v) is 6.00. The summed E-state index contributed by atoms with van der Waals surface area (Å²) in [6.07, 6.45) is 0. The molecule has 1 aliphatic rings. The van der Waals surface area contributed by atoms with Gasteiger partial charge in [0.25, 0.3) is 0 Å². The smallest absolute Gasteiger partial charge is 0.0187 e. The molecule has 0 aromatic heterocycles. The van der Waals surface area contributed by atoms with Crippen LogP contribution in [0.25, 0.3) is 33.0 Å². The zero-order valence-corrected chi connectivity index (χ0v) is 19.5. The van der Waals surface area contributed by atoms with Gasteiger partial charge >= 0.3 is 0 Å². The SMILES string of the molecule is Cc1cccc(C2c3ccccc3-c3c(cc(-c4ccccc4)c4ccccc34)C2(C)C)c1. The average Bonchev–Trinajstić information content (AvgIpc) is 2.84. The first-order chi connectivity index (χ1) is 16.1. The van der Waals surface area contributed by atoms with E-state index in [0.29, 0.717) is 5.92 Å². The summed E-state index contributed by atoms with van der Waals surface area (Å²) in [6.45, 7) is 7.05. The van der Waals surface area contributed by atoms with Gasteiger partial charge in [-0.25, -0.2) is 0 Å². The summed E-state index contributed by atoms with van der Waals surface area (Å²) in [5.41, 5.74) is 10.9. The van der Waals surface area contributed by atoms with Gasteiger partial charge in [0.15, 0.2) is 0 Å². The summed E-state index contributed by atoms with van der Waals surface area (Å²) in [5, 5.41) is 2.67. The van der Waals surface area contributed by atoms with Gasteiger partial charge in [-0.05, 0) is 62.7 Å². The van der Waals surface area contributed by atoms with Crippen LogP contribution < -0.4 is 0 Å². The minimum atomic E-state index is -0.0644. The van der Waals surface area contributed by atoms with Crippen LogP contribution in [0.5, 0.6) is 0 Å². The predicted molar refractivity (Wildman–Crippen MR) is 141 cm³/mol. The summed E-state index contributed by atoms with van der Waals surface area (Å²) in [7, 11) is 0. The van der Waals surface area contributed by atoms with E-state index in [4.69, 9.17) is 0 Å². The van der Waals surface area contributed by atoms with Crippen molar-refractivity contribution in [1.82, 2.24) is 0 Å². The summed E-state index contributed by atoms with van der Waals surface area (Å²) in [6, 6.07) is 40.4. The molecule has 0 saturated carbocycles. The van der Waals surface area contributed by atoms with Crippen LogP contribution in [0.4, 0.5) is 0 Å². The van der Waals surface area contributed by atoms with Crippen molar-refractivity contribution in [2.24, 2.45) is 0 Å². The van der Waals surface area contributed by atoms with Gasteiger partial charge in [-0.3, -0.25) is 0 Å². The largest absolute Gasteiger partial charge is 0.0622 e. The van der Waals surface area contributed by atoms with Crippen LogP contribution in [0.1, 0.15) is 42.0 Å². The maximum atomic E-state index is 2.48. The maximum absolute atomic E-state index is 2.48. The molecule has 6 rings (SSSR count). The summed E-state index contributed by atoms with van der Waals surface area (Å²) in [4.78, 5) is 0. The predicted octanol–water partition coefficient (Wildman–Crippen LogP) is 8.91. The van der Waals surface area contributed by atoms with Gasteiger partial charge in [0.1, 0.15) is 0 Å². The highest BCUT2D eigenvalue weighted by Gasteiger charge is 2.41. The van der Waals surface area contributed by atoms with E-state index >= 15 is 0 Å². The Hall–Kier alpha value is -3.64. The molecule has 5 aromatic rings. The van der Waals surface area contributed by atoms with E-state index in [1.807, 2.05) is 0 Å². The van der Waals surface area contributed by atoms with Gasteiger partial charge in [0.05, 0.1) is 0 Å². The molecule has 0 radical (unpaired) electrons. The fourth-order valence-electron chi connectivity index (χ4n) is 6.00. The van der Waals surface area contributed by atoms with Gasteiger partial charge < -0.3 is 0 Å². The third-order valence-electron chi connectivity index (χ3n) is 7.46. The second kappa shape index (κ2) is 7.46. The zero-order chi connectivity index (χ0) is 22.6. The van der Waals surface area contributed by atoms with Crippen molar-refractivity contribution in [2.75, 3.05) is 0 Å². The van der Waals surface area contributed by atoms with Crippen molar-refractivity contribution in [3.63, 3.8) is 0 Å². The Morgan fingerprint density at radius 1 is 0.606 bits per heavy atom. The molecule has 0 amide bonds. The van der Waals surface area contributed by atoms with Crippen LogP contribution in [-0.4, -0.2) is 0 Å². The first-order valence-electron chi connectivity index (χ1n) is 11.8. The van der Waals surface area contributed by atoms with Crippen LogP contribution in [0.3, 0.4) is 0 Å². The molecule has 0 bridgehead atoms. The highest BCUT2D eigenvalue weighted by atomic mass is 14.4. The Morgan fingerprint density at radius 2 is 1.30 bits per heavy atom. The Labute approximate surface area is 196 Å². The van der Waals surface area contributed by atoms with E-state index in [-0.39, 0.29) is 5.41 Å². The molecular formula is C33H28. The Morgan fingerprint density at radius 3 is 2.09 bits per heavy atom. The Balaban J connectivity index is 1.74. The fraction of sp³-hybridized carbons (Fsp3) is 0.152. The number of hydrogen-bond donors (Lipinski definition) is 0. The second-order valence-corrected chi connectivity index (χ2v) is 9.91. The molecule has 1 unspecified atom stereocenters. The number of benzene rings is 5. The summed E-state index contributed by atoms with van der Waals surface area (Å²) in [5.74, 6) is 0.297. The molecule has 0 heterocycles. The lowest BCUT2D eigenvalue weighted by Crippen LogP contribution is -2.32. The van der Waals surface area contributed by atoms with Gasteiger partial charge in [0.2, 0.25) is 0 Å². The highest BCUT2D eigenvalue weighted by molar-refractivity contribution is 6.07. The van der Waals surface area contributed by atoms with Crippen molar-refractivity contribution < 1.29 is 0 Å². The molecule has 0 spiro atoms. The second-order valence-electron chi connectivity index (χ2n) is 9.91. The highest BCUT2D eigenvalue weighted by Crippen LogP contribution is 2.56. The Bertz CT molecular complexity index is 1490. The number of fused-ring (bicyclic) bond motifs is 5. The lowest BCUT2D eigenvalue weighted by molar-refractivity contribution is 0.455. The minimum Gasteiger partial charge on any atom is -0.0622 e. The molecule has 5 aromatic carbocycles. The molecule has 1 aliphatic carbocycles. The standard InChI is InChI=1S/C33H28/c1-22-12-11-15-24(20-22)32-28-19-10-9-18-27(28)31-26-17-8-7-16-25(26)29(21-30(31)33(32,2)3)23-13-5-4-6-14-23/h4-21,32H,1-3H3. The van der Waals surface area contributed by atoms with Gasteiger partial charge in [-0.1, -0.05) is 123 Å². The van der Waals surface area contributed by atoms with E-state index in [1.54, 1.807) is 0 Å². The van der Waals surface area contributed by atoms with E-state index in [1.165, 1.54) is 55.3 Å². The van der Waals surface area contributed by atoms with E-state index in [0.717, 1.165) is 0 Å². The van der Waals surface area contributed by atoms with E-state index < -0.39 is 0 Å². The summed E-state index contributed by atoms with van der Waals surface area (Å²) < 4.78 is 0. The first kappa shape index (κ1) is 20.0. The van der Waals surface area contributed by atoms with Crippen LogP contribution in [0.2, 0.25) is 0 Å².